The highest BCUT2D eigenvalue weighted by Gasteiger charge is 2.05. The van der Waals surface area contributed by atoms with Gasteiger partial charge in [0.15, 0.2) is 0 Å². The second-order valence-electron chi connectivity index (χ2n) is 2.85. The molecule has 0 amide bonds. The fourth-order valence-corrected chi connectivity index (χ4v) is 0.980. The van der Waals surface area contributed by atoms with Crippen LogP contribution in [0.25, 0.3) is 0 Å². The Balaban J connectivity index is 0. The van der Waals surface area contributed by atoms with Crippen molar-refractivity contribution < 1.29 is 4.74 Å². The molecule has 1 nitrogen and oxygen atoms in total. The molecular weight excluding hydrogens is 160 g/mol. The summed E-state index contributed by atoms with van der Waals surface area (Å²) in [6, 6.07) is 0. The first-order valence-corrected chi connectivity index (χ1v) is 5.52. The van der Waals surface area contributed by atoms with Crippen LogP contribution in [-0.4, -0.2) is 13.2 Å². The zero-order valence-corrected chi connectivity index (χ0v) is 9.97. The summed E-state index contributed by atoms with van der Waals surface area (Å²) in [5.41, 5.74) is 0. The summed E-state index contributed by atoms with van der Waals surface area (Å²) in [4.78, 5) is 0. The van der Waals surface area contributed by atoms with Crippen molar-refractivity contribution in [3.8, 4) is 0 Å². The smallest absolute Gasteiger partial charge is 0.0608 e. The largest absolute Gasteiger partial charge is 0.381 e. The molecule has 0 aromatic rings. The summed E-state index contributed by atoms with van der Waals surface area (Å²) >= 11 is 0. The van der Waals surface area contributed by atoms with E-state index in [2.05, 4.69) is 26.0 Å². The molecule has 0 aliphatic heterocycles. The van der Waals surface area contributed by atoms with Crippen molar-refractivity contribution in [2.24, 2.45) is 0 Å². The minimum absolute atomic E-state index is 0.500. The maximum absolute atomic E-state index is 5.14. The summed E-state index contributed by atoms with van der Waals surface area (Å²) in [6.07, 6.45) is 9.66. The average molecular weight is 186 g/mol. The summed E-state index contributed by atoms with van der Waals surface area (Å²) in [7, 11) is 1.78. The highest BCUT2D eigenvalue weighted by Crippen LogP contribution is 2.12. The van der Waals surface area contributed by atoms with Crippen LogP contribution in [0.3, 0.4) is 0 Å². The van der Waals surface area contributed by atoms with E-state index < -0.39 is 0 Å². The Morgan fingerprint density at radius 3 is 2.00 bits per heavy atom. The summed E-state index contributed by atoms with van der Waals surface area (Å²) in [5.74, 6) is 0. The Labute approximate surface area is 84.2 Å². The van der Waals surface area contributed by atoms with Gasteiger partial charge in [-0.25, -0.2) is 0 Å². The summed E-state index contributed by atoms with van der Waals surface area (Å²) < 4.78 is 5.14. The third-order valence-corrected chi connectivity index (χ3v) is 1.55. The van der Waals surface area contributed by atoms with Crippen molar-refractivity contribution in [2.75, 3.05) is 7.11 Å². The second-order valence-corrected chi connectivity index (χ2v) is 2.85. The fraction of sp³-hybridized carbons (Fsp3) is 0.833. The standard InChI is InChI=1S/C7H12O.C3H8.C2H6/c1-8-7-5-3-2-4-6-7;1-3-2;1-2/h2-3,7H,4-6H2,1H3;3H2,1-2H3;1-2H3. The first kappa shape index (κ1) is 15.2. The molecule has 0 radical (unpaired) electrons. The van der Waals surface area contributed by atoms with Crippen LogP contribution in [0.5, 0.6) is 0 Å². The molecule has 80 valence electrons. The van der Waals surface area contributed by atoms with Crippen LogP contribution in [-0.2, 0) is 4.74 Å². The molecule has 0 saturated carbocycles. The molecule has 1 unspecified atom stereocenters. The van der Waals surface area contributed by atoms with Gasteiger partial charge in [-0.3, -0.25) is 0 Å². The number of hydrogen-bond acceptors (Lipinski definition) is 1. The number of rotatable bonds is 1. The lowest BCUT2D eigenvalue weighted by atomic mass is 10.1. The quantitative estimate of drug-likeness (QED) is 0.558. The fourth-order valence-electron chi connectivity index (χ4n) is 0.980. The Morgan fingerprint density at radius 1 is 1.23 bits per heavy atom. The summed E-state index contributed by atoms with van der Waals surface area (Å²) in [5, 5.41) is 0. The Morgan fingerprint density at radius 2 is 1.77 bits per heavy atom. The predicted octanol–water partition coefficient (Wildman–Crippen LogP) is 4.18. The molecule has 1 atom stereocenters. The van der Waals surface area contributed by atoms with Gasteiger partial charge in [0.05, 0.1) is 6.10 Å². The van der Waals surface area contributed by atoms with Gasteiger partial charge in [-0.2, -0.15) is 0 Å². The monoisotopic (exact) mass is 186 g/mol. The van der Waals surface area contributed by atoms with E-state index in [0.29, 0.717) is 6.10 Å². The molecule has 0 heterocycles. The van der Waals surface area contributed by atoms with Gasteiger partial charge in [0.2, 0.25) is 0 Å². The first-order chi connectivity index (χ1) is 6.35. The Bertz CT molecular complexity index is 97.3. The van der Waals surface area contributed by atoms with Gasteiger partial charge < -0.3 is 4.74 Å². The van der Waals surface area contributed by atoms with Gasteiger partial charge in [-0.1, -0.05) is 46.3 Å². The van der Waals surface area contributed by atoms with Crippen molar-refractivity contribution in [1.29, 1.82) is 0 Å². The molecule has 1 aliphatic rings. The lowest BCUT2D eigenvalue weighted by Crippen LogP contribution is -2.10. The lowest BCUT2D eigenvalue weighted by Gasteiger charge is -2.14. The molecular formula is C12H26O. The van der Waals surface area contributed by atoms with Crippen LogP contribution in [0.1, 0.15) is 53.4 Å². The van der Waals surface area contributed by atoms with Gasteiger partial charge in [0.1, 0.15) is 0 Å². The van der Waals surface area contributed by atoms with E-state index in [0.717, 1.165) is 6.42 Å². The minimum atomic E-state index is 0.500. The summed E-state index contributed by atoms with van der Waals surface area (Å²) in [6.45, 7) is 8.25. The van der Waals surface area contributed by atoms with Gasteiger partial charge in [0.25, 0.3) is 0 Å². The lowest BCUT2D eigenvalue weighted by molar-refractivity contribution is 0.0954. The molecule has 0 spiro atoms. The van der Waals surface area contributed by atoms with E-state index in [9.17, 15) is 0 Å². The minimum Gasteiger partial charge on any atom is -0.381 e. The second kappa shape index (κ2) is 14.2. The van der Waals surface area contributed by atoms with Crippen LogP contribution >= 0.6 is 0 Å². The number of methoxy groups -OCH3 is 1. The van der Waals surface area contributed by atoms with E-state index in [-0.39, 0.29) is 0 Å². The predicted molar refractivity (Wildman–Crippen MR) is 61.1 cm³/mol. The van der Waals surface area contributed by atoms with Gasteiger partial charge in [-0.05, 0) is 19.3 Å². The van der Waals surface area contributed by atoms with Crippen LogP contribution in [0.2, 0.25) is 0 Å². The number of ether oxygens (including phenoxy) is 1. The Kier molecular flexibility index (Phi) is 16.6. The topological polar surface area (TPSA) is 9.23 Å². The first-order valence-electron chi connectivity index (χ1n) is 5.52. The molecule has 13 heavy (non-hydrogen) atoms. The third kappa shape index (κ3) is 11.7. The van der Waals surface area contributed by atoms with E-state index in [4.69, 9.17) is 4.74 Å². The Hall–Kier alpha value is -0.300. The normalized spacial score (nSPS) is 19.3. The van der Waals surface area contributed by atoms with Gasteiger partial charge >= 0.3 is 0 Å². The van der Waals surface area contributed by atoms with Crippen molar-refractivity contribution in [3.63, 3.8) is 0 Å². The maximum Gasteiger partial charge on any atom is 0.0608 e. The SMILES string of the molecule is CC.CCC.COC1CC=CCC1. The van der Waals surface area contributed by atoms with E-state index in [1.807, 2.05) is 13.8 Å². The number of allylic oxidation sites excluding steroid dienone is 1. The van der Waals surface area contributed by atoms with Crippen LogP contribution in [0.15, 0.2) is 12.2 Å². The van der Waals surface area contributed by atoms with Crippen LogP contribution in [0.4, 0.5) is 0 Å². The van der Waals surface area contributed by atoms with Crippen LogP contribution in [0, 0.1) is 0 Å². The van der Waals surface area contributed by atoms with Crippen molar-refractivity contribution in [2.45, 2.75) is 59.5 Å². The van der Waals surface area contributed by atoms with Crippen molar-refractivity contribution in [3.05, 3.63) is 12.2 Å². The molecule has 1 aliphatic carbocycles. The highest BCUT2D eigenvalue weighted by molar-refractivity contribution is 4.90. The molecule has 1 rings (SSSR count). The van der Waals surface area contributed by atoms with Crippen LogP contribution < -0.4 is 0 Å². The van der Waals surface area contributed by atoms with Gasteiger partial charge in [-0.15, -0.1) is 0 Å². The molecule has 0 saturated heterocycles. The maximum atomic E-state index is 5.14. The van der Waals surface area contributed by atoms with Gasteiger partial charge in [0, 0.05) is 7.11 Å². The highest BCUT2D eigenvalue weighted by atomic mass is 16.5. The zero-order valence-electron chi connectivity index (χ0n) is 9.97. The van der Waals surface area contributed by atoms with E-state index >= 15 is 0 Å². The molecule has 0 N–H and O–H groups in total. The number of hydrogen-bond donors (Lipinski definition) is 0. The third-order valence-electron chi connectivity index (χ3n) is 1.55. The molecule has 1 heteroatoms. The molecule has 0 aromatic carbocycles. The zero-order chi connectivity index (χ0) is 10.5. The van der Waals surface area contributed by atoms with E-state index in [1.165, 1.54) is 19.3 Å². The van der Waals surface area contributed by atoms with Crippen molar-refractivity contribution >= 4 is 0 Å². The molecule has 0 bridgehead atoms. The van der Waals surface area contributed by atoms with E-state index in [1.54, 1.807) is 7.11 Å². The molecule has 0 fully saturated rings. The average Bonchev–Trinajstić information content (AvgIpc) is 2.23. The van der Waals surface area contributed by atoms with Crippen molar-refractivity contribution in [1.82, 2.24) is 0 Å². The molecule has 0 aromatic heterocycles.